The van der Waals surface area contributed by atoms with Gasteiger partial charge in [0.25, 0.3) is 0 Å². The number of aliphatic hydroxyl groups excluding tert-OH is 1. The van der Waals surface area contributed by atoms with Crippen molar-refractivity contribution >= 4 is 5.84 Å². The van der Waals surface area contributed by atoms with Crippen LogP contribution in [0.5, 0.6) is 0 Å². The molecule has 0 amide bonds. The Hall–Kier alpha value is -1.66. The lowest BCUT2D eigenvalue weighted by Crippen LogP contribution is -2.27. The van der Waals surface area contributed by atoms with Crippen LogP contribution < -0.4 is 11.1 Å². The minimum atomic E-state index is -0.450. The zero-order chi connectivity index (χ0) is 15.1. The van der Waals surface area contributed by atoms with Crippen molar-refractivity contribution in [3.8, 4) is 0 Å². The number of nitrogens with two attached hydrogens (primary N) is 1. The van der Waals surface area contributed by atoms with Gasteiger partial charge in [-0.05, 0) is 36.1 Å². The van der Waals surface area contributed by atoms with Crippen LogP contribution in [0.25, 0.3) is 0 Å². The summed E-state index contributed by atoms with van der Waals surface area (Å²) in [6.45, 7) is 4.92. The second-order valence-corrected chi connectivity index (χ2v) is 5.25. The van der Waals surface area contributed by atoms with Crippen molar-refractivity contribution in [1.82, 2.24) is 5.32 Å². The Labute approximate surface area is 118 Å². The number of amidine groups is 1. The van der Waals surface area contributed by atoms with Crippen molar-refractivity contribution in [1.29, 1.82) is 0 Å². The van der Waals surface area contributed by atoms with E-state index in [1.807, 2.05) is 13.8 Å². The van der Waals surface area contributed by atoms with Gasteiger partial charge in [0.2, 0.25) is 0 Å². The van der Waals surface area contributed by atoms with Gasteiger partial charge in [0.1, 0.15) is 5.82 Å². The van der Waals surface area contributed by atoms with Crippen LogP contribution in [0, 0.1) is 11.7 Å². The van der Waals surface area contributed by atoms with Crippen LogP contribution in [0.4, 0.5) is 4.39 Å². The van der Waals surface area contributed by atoms with Crippen LogP contribution in [-0.2, 0) is 6.54 Å². The first-order chi connectivity index (χ1) is 9.42. The van der Waals surface area contributed by atoms with Crippen LogP contribution in [0.3, 0.4) is 0 Å². The van der Waals surface area contributed by atoms with E-state index in [-0.39, 0.29) is 5.84 Å². The van der Waals surface area contributed by atoms with Crippen LogP contribution in [0.1, 0.15) is 31.4 Å². The molecule has 5 N–H and O–H groups in total. The second kappa shape index (κ2) is 7.81. The molecule has 0 fully saturated rings. The molecule has 0 aliphatic heterocycles. The first-order valence-corrected chi connectivity index (χ1v) is 6.58. The molecule has 0 aliphatic carbocycles. The predicted molar refractivity (Wildman–Crippen MR) is 76.1 cm³/mol. The summed E-state index contributed by atoms with van der Waals surface area (Å²) >= 11 is 0. The van der Waals surface area contributed by atoms with Gasteiger partial charge in [-0.15, -0.1) is 0 Å². The average molecular weight is 283 g/mol. The molecular formula is C14H22FN3O2. The Balaban J connectivity index is 2.58. The van der Waals surface area contributed by atoms with E-state index in [2.05, 4.69) is 10.5 Å². The standard InChI is InChI=1S/C14H22FN3O2/c1-9(2)3-13(19)8-17-7-10-4-11(14(16)18-20)6-12(15)5-10/h4-6,9,13,17,19-20H,3,7-8H2,1-2H3,(H2,16,18). The quantitative estimate of drug-likeness (QED) is 0.264. The molecule has 20 heavy (non-hydrogen) atoms. The molecular weight excluding hydrogens is 261 g/mol. The minimum absolute atomic E-state index is 0.134. The third kappa shape index (κ3) is 5.54. The number of hydrogen-bond acceptors (Lipinski definition) is 4. The highest BCUT2D eigenvalue weighted by Crippen LogP contribution is 2.10. The first kappa shape index (κ1) is 16.4. The van der Waals surface area contributed by atoms with Crippen molar-refractivity contribution < 1.29 is 14.7 Å². The molecule has 1 rings (SSSR count). The molecule has 0 saturated carbocycles. The Bertz CT molecular complexity index is 464. The zero-order valence-electron chi connectivity index (χ0n) is 11.8. The number of nitrogens with one attached hydrogen (secondary N) is 1. The summed E-state index contributed by atoms with van der Waals surface area (Å²) in [4.78, 5) is 0. The summed E-state index contributed by atoms with van der Waals surface area (Å²) in [5, 5.41) is 24.2. The monoisotopic (exact) mass is 283 g/mol. The molecule has 1 aromatic carbocycles. The number of rotatable bonds is 7. The smallest absolute Gasteiger partial charge is 0.170 e. The van der Waals surface area contributed by atoms with Gasteiger partial charge in [-0.3, -0.25) is 0 Å². The molecule has 0 saturated heterocycles. The predicted octanol–water partition coefficient (Wildman–Crippen LogP) is 1.42. The number of halogens is 1. The van der Waals surface area contributed by atoms with Crippen molar-refractivity contribution in [2.45, 2.75) is 32.9 Å². The average Bonchev–Trinajstić information content (AvgIpc) is 2.36. The Morgan fingerprint density at radius 2 is 2.10 bits per heavy atom. The summed E-state index contributed by atoms with van der Waals surface area (Å²) in [7, 11) is 0. The van der Waals surface area contributed by atoms with Crippen molar-refractivity contribution in [2.75, 3.05) is 6.54 Å². The lowest BCUT2D eigenvalue weighted by Gasteiger charge is -2.14. The Morgan fingerprint density at radius 1 is 1.40 bits per heavy atom. The van der Waals surface area contributed by atoms with Gasteiger partial charge in [-0.25, -0.2) is 4.39 Å². The van der Waals surface area contributed by atoms with E-state index in [1.165, 1.54) is 12.1 Å². The highest BCUT2D eigenvalue weighted by Gasteiger charge is 2.08. The number of nitrogens with zero attached hydrogens (tertiary/aromatic N) is 1. The van der Waals surface area contributed by atoms with Crippen LogP contribution >= 0.6 is 0 Å². The fourth-order valence-electron chi connectivity index (χ4n) is 1.97. The fourth-order valence-corrected chi connectivity index (χ4v) is 1.97. The van der Waals surface area contributed by atoms with Crippen molar-refractivity contribution in [2.24, 2.45) is 16.8 Å². The Kier molecular flexibility index (Phi) is 6.41. The van der Waals surface area contributed by atoms with Gasteiger partial charge in [0.05, 0.1) is 6.10 Å². The minimum Gasteiger partial charge on any atom is -0.409 e. The lowest BCUT2D eigenvalue weighted by atomic mass is 10.1. The third-order valence-electron chi connectivity index (χ3n) is 2.81. The van der Waals surface area contributed by atoms with Gasteiger partial charge in [0.15, 0.2) is 5.84 Å². The van der Waals surface area contributed by atoms with E-state index in [1.54, 1.807) is 6.07 Å². The summed E-state index contributed by atoms with van der Waals surface area (Å²) in [6, 6.07) is 4.21. The molecule has 5 nitrogen and oxygen atoms in total. The largest absolute Gasteiger partial charge is 0.409 e. The maximum atomic E-state index is 13.4. The number of hydrogen-bond donors (Lipinski definition) is 4. The molecule has 1 unspecified atom stereocenters. The molecule has 0 aliphatic rings. The van der Waals surface area contributed by atoms with Crippen molar-refractivity contribution in [3.05, 3.63) is 35.1 Å². The summed E-state index contributed by atoms with van der Waals surface area (Å²) in [5.41, 5.74) is 6.43. The second-order valence-electron chi connectivity index (χ2n) is 5.25. The maximum absolute atomic E-state index is 13.4. The molecule has 1 atom stereocenters. The molecule has 0 spiro atoms. The van der Waals surface area contributed by atoms with Crippen LogP contribution in [0.2, 0.25) is 0 Å². The number of oxime groups is 1. The molecule has 112 valence electrons. The van der Waals surface area contributed by atoms with Gasteiger partial charge < -0.3 is 21.4 Å². The normalized spacial score (nSPS) is 13.8. The molecule has 1 aromatic rings. The molecule has 0 heterocycles. The van der Waals surface area contributed by atoms with E-state index in [0.717, 1.165) is 0 Å². The van der Waals surface area contributed by atoms with Crippen LogP contribution in [0.15, 0.2) is 23.4 Å². The summed E-state index contributed by atoms with van der Waals surface area (Å²) in [5.74, 6) is -0.160. The van der Waals surface area contributed by atoms with Crippen molar-refractivity contribution in [3.63, 3.8) is 0 Å². The topological polar surface area (TPSA) is 90.9 Å². The summed E-state index contributed by atoms with van der Waals surface area (Å²) in [6.07, 6.45) is 0.290. The summed E-state index contributed by atoms with van der Waals surface area (Å²) < 4.78 is 13.4. The van der Waals surface area contributed by atoms with Gasteiger partial charge in [0, 0.05) is 18.7 Å². The fraction of sp³-hybridized carbons (Fsp3) is 0.500. The van der Waals surface area contributed by atoms with E-state index >= 15 is 0 Å². The van der Waals surface area contributed by atoms with Gasteiger partial charge in [-0.2, -0.15) is 0 Å². The van der Waals surface area contributed by atoms with Gasteiger partial charge in [-0.1, -0.05) is 19.0 Å². The highest BCUT2D eigenvalue weighted by atomic mass is 19.1. The first-order valence-electron chi connectivity index (χ1n) is 6.58. The zero-order valence-corrected chi connectivity index (χ0v) is 11.8. The van der Waals surface area contributed by atoms with E-state index in [9.17, 15) is 9.50 Å². The Morgan fingerprint density at radius 3 is 2.70 bits per heavy atom. The highest BCUT2D eigenvalue weighted by molar-refractivity contribution is 5.97. The molecule has 0 radical (unpaired) electrons. The lowest BCUT2D eigenvalue weighted by molar-refractivity contribution is 0.146. The molecule has 6 heteroatoms. The molecule has 0 aromatic heterocycles. The van der Waals surface area contributed by atoms with Crippen LogP contribution in [-0.4, -0.2) is 28.8 Å². The maximum Gasteiger partial charge on any atom is 0.170 e. The SMILES string of the molecule is CC(C)CC(O)CNCc1cc(F)cc(/C(N)=N/O)c1. The van der Waals surface area contributed by atoms with Gasteiger partial charge >= 0.3 is 0 Å². The molecule has 0 bridgehead atoms. The van der Waals surface area contributed by atoms with E-state index in [4.69, 9.17) is 10.9 Å². The number of benzene rings is 1. The van der Waals surface area contributed by atoms with E-state index < -0.39 is 11.9 Å². The number of aliphatic hydroxyl groups is 1. The third-order valence-corrected chi connectivity index (χ3v) is 2.81. The van der Waals surface area contributed by atoms with E-state index in [0.29, 0.717) is 36.6 Å².